The van der Waals surface area contributed by atoms with E-state index in [9.17, 15) is 17.2 Å². The van der Waals surface area contributed by atoms with E-state index in [1.165, 1.54) is 0 Å². The standard InChI is InChI=1S/C11H14F2N2O2S/c12-10-2-1-9(5-11(10)13)18(16,17)15-7-8-3-4-14-6-8/h1-2,5,8,14-15H,3-4,6-7H2. The molecule has 0 saturated carbocycles. The van der Waals surface area contributed by atoms with Gasteiger partial charge in [-0.2, -0.15) is 0 Å². The molecule has 0 amide bonds. The van der Waals surface area contributed by atoms with Crippen LogP contribution >= 0.6 is 0 Å². The number of halogens is 2. The fourth-order valence-electron chi connectivity index (χ4n) is 1.84. The molecule has 0 bridgehead atoms. The highest BCUT2D eigenvalue weighted by molar-refractivity contribution is 7.89. The zero-order chi connectivity index (χ0) is 13.2. The van der Waals surface area contributed by atoms with Gasteiger partial charge in [-0.3, -0.25) is 0 Å². The molecule has 1 unspecified atom stereocenters. The molecule has 7 heteroatoms. The predicted molar refractivity (Wildman–Crippen MR) is 62.5 cm³/mol. The van der Waals surface area contributed by atoms with E-state index >= 15 is 0 Å². The lowest BCUT2D eigenvalue weighted by Gasteiger charge is -2.10. The Morgan fingerprint density at radius 1 is 1.33 bits per heavy atom. The van der Waals surface area contributed by atoms with E-state index in [-0.39, 0.29) is 10.8 Å². The van der Waals surface area contributed by atoms with Crippen molar-refractivity contribution in [3.8, 4) is 0 Å². The Balaban J connectivity index is 2.07. The molecule has 0 radical (unpaired) electrons. The second-order valence-corrected chi connectivity index (χ2v) is 6.05. The van der Waals surface area contributed by atoms with E-state index in [2.05, 4.69) is 10.0 Å². The van der Waals surface area contributed by atoms with Crippen molar-refractivity contribution >= 4 is 10.0 Å². The normalized spacial score (nSPS) is 20.2. The summed E-state index contributed by atoms with van der Waals surface area (Å²) in [6.45, 7) is 1.94. The topological polar surface area (TPSA) is 58.2 Å². The molecule has 1 saturated heterocycles. The van der Waals surface area contributed by atoms with E-state index < -0.39 is 21.7 Å². The molecular weight excluding hydrogens is 262 g/mol. The SMILES string of the molecule is O=S(=O)(NCC1CCNC1)c1ccc(F)c(F)c1. The molecule has 0 aromatic heterocycles. The maximum Gasteiger partial charge on any atom is 0.240 e. The molecule has 2 N–H and O–H groups in total. The largest absolute Gasteiger partial charge is 0.316 e. The first kappa shape index (κ1) is 13.4. The molecular formula is C11H14F2N2O2S. The Hall–Kier alpha value is -1.05. The molecule has 1 aromatic carbocycles. The number of benzene rings is 1. The van der Waals surface area contributed by atoms with Crippen LogP contribution in [0.3, 0.4) is 0 Å². The molecule has 1 fully saturated rings. The Bertz CT molecular complexity index is 528. The molecule has 0 aliphatic carbocycles. The summed E-state index contributed by atoms with van der Waals surface area (Å²) in [5, 5.41) is 3.12. The quantitative estimate of drug-likeness (QED) is 0.857. The number of sulfonamides is 1. The maximum absolute atomic E-state index is 13.0. The lowest BCUT2D eigenvalue weighted by atomic mass is 10.1. The second-order valence-electron chi connectivity index (χ2n) is 4.29. The minimum absolute atomic E-state index is 0.241. The van der Waals surface area contributed by atoms with Gasteiger partial charge in [-0.25, -0.2) is 21.9 Å². The Kier molecular flexibility index (Phi) is 3.94. The van der Waals surface area contributed by atoms with Crippen molar-refractivity contribution in [1.29, 1.82) is 0 Å². The molecule has 0 spiro atoms. The van der Waals surface area contributed by atoms with E-state index in [1.54, 1.807) is 0 Å². The minimum Gasteiger partial charge on any atom is -0.316 e. The van der Waals surface area contributed by atoms with Crippen LogP contribution in [0.15, 0.2) is 23.1 Å². The molecule has 1 aromatic rings. The first-order chi connectivity index (χ1) is 8.49. The lowest BCUT2D eigenvalue weighted by molar-refractivity contribution is 0.503. The number of rotatable bonds is 4. The Labute approximate surface area is 104 Å². The van der Waals surface area contributed by atoms with E-state index in [0.29, 0.717) is 12.6 Å². The van der Waals surface area contributed by atoms with Crippen LogP contribution in [-0.4, -0.2) is 28.1 Å². The highest BCUT2D eigenvalue weighted by atomic mass is 32.2. The zero-order valence-electron chi connectivity index (χ0n) is 9.62. The van der Waals surface area contributed by atoms with Gasteiger partial charge in [-0.1, -0.05) is 0 Å². The van der Waals surface area contributed by atoms with Gasteiger partial charge in [0.05, 0.1) is 4.90 Å². The van der Waals surface area contributed by atoms with Gasteiger partial charge in [0.15, 0.2) is 11.6 Å². The van der Waals surface area contributed by atoms with Crippen molar-refractivity contribution in [1.82, 2.24) is 10.0 Å². The molecule has 100 valence electrons. The Morgan fingerprint density at radius 2 is 2.11 bits per heavy atom. The van der Waals surface area contributed by atoms with Gasteiger partial charge in [-0.05, 0) is 43.6 Å². The number of nitrogens with one attached hydrogen (secondary N) is 2. The zero-order valence-corrected chi connectivity index (χ0v) is 10.4. The average molecular weight is 276 g/mol. The fraction of sp³-hybridized carbons (Fsp3) is 0.455. The first-order valence-corrected chi connectivity index (χ1v) is 7.13. The third-order valence-electron chi connectivity index (χ3n) is 2.93. The molecule has 1 aliphatic heterocycles. The smallest absolute Gasteiger partial charge is 0.240 e. The minimum atomic E-state index is -3.77. The first-order valence-electron chi connectivity index (χ1n) is 5.64. The number of hydrogen-bond donors (Lipinski definition) is 2. The van der Waals surface area contributed by atoms with Crippen LogP contribution in [0, 0.1) is 17.6 Å². The van der Waals surface area contributed by atoms with Gasteiger partial charge in [0, 0.05) is 6.54 Å². The molecule has 1 heterocycles. The van der Waals surface area contributed by atoms with Crippen LogP contribution in [0.4, 0.5) is 8.78 Å². The number of hydrogen-bond acceptors (Lipinski definition) is 3. The summed E-state index contributed by atoms with van der Waals surface area (Å²) in [4.78, 5) is -0.257. The van der Waals surface area contributed by atoms with Gasteiger partial charge < -0.3 is 5.32 Å². The van der Waals surface area contributed by atoms with Crippen LogP contribution < -0.4 is 10.0 Å². The highest BCUT2D eigenvalue weighted by Gasteiger charge is 2.20. The van der Waals surface area contributed by atoms with Crippen molar-refractivity contribution in [2.75, 3.05) is 19.6 Å². The molecule has 18 heavy (non-hydrogen) atoms. The molecule has 1 atom stereocenters. The summed E-state index contributed by atoms with van der Waals surface area (Å²) >= 11 is 0. The van der Waals surface area contributed by atoms with E-state index in [1.807, 2.05) is 0 Å². The summed E-state index contributed by atoms with van der Waals surface area (Å²) in [7, 11) is -3.77. The Morgan fingerprint density at radius 3 is 2.72 bits per heavy atom. The monoisotopic (exact) mass is 276 g/mol. The van der Waals surface area contributed by atoms with E-state index in [0.717, 1.165) is 31.6 Å². The second kappa shape index (κ2) is 5.29. The van der Waals surface area contributed by atoms with Crippen LogP contribution in [-0.2, 0) is 10.0 Å². The molecule has 2 rings (SSSR count). The van der Waals surface area contributed by atoms with Crippen molar-refractivity contribution in [2.24, 2.45) is 5.92 Å². The summed E-state index contributed by atoms with van der Waals surface area (Å²) in [5.41, 5.74) is 0. The maximum atomic E-state index is 13.0. The average Bonchev–Trinajstić information content (AvgIpc) is 2.83. The summed E-state index contributed by atoms with van der Waals surface area (Å²) in [5.74, 6) is -1.99. The van der Waals surface area contributed by atoms with Crippen LogP contribution in [0.25, 0.3) is 0 Å². The third-order valence-corrected chi connectivity index (χ3v) is 4.35. The van der Waals surface area contributed by atoms with Gasteiger partial charge in [0.2, 0.25) is 10.0 Å². The molecule has 4 nitrogen and oxygen atoms in total. The van der Waals surface area contributed by atoms with Crippen molar-refractivity contribution < 1.29 is 17.2 Å². The summed E-state index contributed by atoms with van der Waals surface area (Å²) in [6, 6.07) is 2.54. The van der Waals surface area contributed by atoms with Gasteiger partial charge in [0.25, 0.3) is 0 Å². The van der Waals surface area contributed by atoms with Gasteiger partial charge >= 0.3 is 0 Å². The van der Waals surface area contributed by atoms with Gasteiger partial charge in [0.1, 0.15) is 0 Å². The van der Waals surface area contributed by atoms with E-state index in [4.69, 9.17) is 0 Å². The predicted octanol–water partition coefficient (Wildman–Crippen LogP) is 0.853. The van der Waals surface area contributed by atoms with Crippen LogP contribution in [0.2, 0.25) is 0 Å². The van der Waals surface area contributed by atoms with Crippen molar-refractivity contribution in [3.05, 3.63) is 29.8 Å². The lowest BCUT2D eigenvalue weighted by Crippen LogP contribution is -2.30. The third kappa shape index (κ3) is 3.04. The van der Waals surface area contributed by atoms with Crippen LogP contribution in [0.5, 0.6) is 0 Å². The summed E-state index contributed by atoms with van der Waals surface area (Å²) in [6.07, 6.45) is 0.903. The van der Waals surface area contributed by atoms with Gasteiger partial charge in [-0.15, -0.1) is 0 Å². The van der Waals surface area contributed by atoms with Crippen LogP contribution in [0.1, 0.15) is 6.42 Å². The molecule has 1 aliphatic rings. The van der Waals surface area contributed by atoms with Crippen molar-refractivity contribution in [2.45, 2.75) is 11.3 Å². The van der Waals surface area contributed by atoms with Crippen molar-refractivity contribution in [3.63, 3.8) is 0 Å². The summed E-state index contributed by atoms with van der Waals surface area (Å²) < 4.78 is 51.8. The fourth-order valence-corrected chi connectivity index (χ4v) is 2.97. The highest BCUT2D eigenvalue weighted by Crippen LogP contribution is 2.14.